The number of phenolic OH excluding ortho intramolecular Hbond substituents is 1. The molecule has 2 heterocycles. The summed E-state index contributed by atoms with van der Waals surface area (Å²) in [7, 11) is 0. The number of aromatic hydroxyl groups is 1. The highest BCUT2D eigenvalue weighted by Gasteiger charge is 2.37. The minimum absolute atomic E-state index is 0.136. The Kier molecular flexibility index (Phi) is 6.83. The van der Waals surface area contributed by atoms with E-state index in [1.165, 1.54) is 17.0 Å². The molecule has 1 aromatic heterocycles. The van der Waals surface area contributed by atoms with Crippen molar-refractivity contribution >= 4 is 28.6 Å². The summed E-state index contributed by atoms with van der Waals surface area (Å²) in [5.74, 6) is -1.24. The van der Waals surface area contributed by atoms with Gasteiger partial charge in [0.1, 0.15) is 17.8 Å². The number of aromatic amines is 1. The molecular weight excluding hydrogens is 434 g/mol. The summed E-state index contributed by atoms with van der Waals surface area (Å²) in [6, 6.07) is 11.7. The largest absolute Gasteiger partial charge is 0.508 e. The molecule has 3 amide bonds. The lowest BCUT2D eigenvalue weighted by Gasteiger charge is -2.28. The average Bonchev–Trinajstić information content (AvgIpc) is 3.47. The van der Waals surface area contributed by atoms with Gasteiger partial charge in [0.25, 0.3) is 0 Å². The summed E-state index contributed by atoms with van der Waals surface area (Å²) >= 11 is 0. The van der Waals surface area contributed by atoms with Gasteiger partial charge in [-0.25, -0.2) is 0 Å². The smallest absolute Gasteiger partial charge is 0.243 e. The van der Waals surface area contributed by atoms with Crippen molar-refractivity contribution in [1.29, 1.82) is 0 Å². The second kappa shape index (κ2) is 9.96. The van der Waals surface area contributed by atoms with Crippen molar-refractivity contribution in [2.45, 2.75) is 43.8 Å². The second-order valence-corrected chi connectivity index (χ2v) is 8.69. The van der Waals surface area contributed by atoms with Crippen LogP contribution in [0.15, 0.2) is 54.7 Å². The molecule has 0 saturated carbocycles. The molecule has 3 aromatic rings. The predicted molar refractivity (Wildman–Crippen MR) is 128 cm³/mol. The van der Waals surface area contributed by atoms with Crippen LogP contribution < -0.4 is 16.8 Å². The molecule has 0 radical (unpaired) electrons. The normalized spacial score (nSPS) is 17.4. The number of likely N-dealkylation sites (tertiary alicyclic amines) is 1. The van der Waals surface area contributed by atoms with Crippen LogP contribution in [0, 0.1) is 0 Å². The lowest BCUT2D eigenvalue weighted by atomic mass is 10.0. The minimum atomic E-state index is -0.907. The molecule has 9 nitrogen and oxygen atoms in total. The van der Waals surface area contributed by atoms with E-state index in [0.29, 0.717) is 19.4 Å². The monoisotopic (exact) mass is 463 g/mol. The third-order valence-electron chi connectivity index (χ3n) is 6.31. The molecule has 9 heteroatoms. The number of fused-ring (bicyclic) bond motifs is 1. The van der Waals surface area contributed by atoms with Gasteiger partial charge in [0.05, 0.1) is 6.04 Å². The number of carbonyl (C=O) groups is 3. The zero-order valence-electron chi connectivity index (χ0n) is 18.7. The zero-order chi connectivity index (χ0) is 24.2. The Hall–Kier alpha value is -3.85. The number of H-pyrrole nitrogens is 1. The summed E-state index contributed by atoms with van der Waals surface area (Å²) in [6.07, 6.45) is 3.49. The van der Waals surface area contributed by atoms with E-state index in [1.54, 1.807) is 18.3 Å². The number of nitrogens with one attached hydrogen (secondary N) is 2. The van der Waals surface area contributed by atoms with E-state index in [9.17, 15) is 19.5 Å². The molecule has 1 aliphatic heterocycles. The Labute approximate surface area is 197 Å². The predicted octanol–water partition coefficient (Wildman–Crippen LogP) is 0.947. The molecule has 4 rings (SSSR count). The molecule has 2 aromatic carbocycles. The molecule has 0 bridgehead atoms. The third-order valence-corrected chi connectivity index (χ3v) is 6.31. The van der Waals surface area contributed by atoms with Gasteiger partial charge < -0.3 is 31.8 Å². The van der Waals surface area contributed by atoms with Crippen LogP contribution in [0.1, 0.15) is 24.0 Å². The Morgan fingerprint density at radius 3 is 2.59 bits per heavy atom. The fraction of sp³-hybridized carbons (Fsp3) is 0.320. The summed E-state index contributed by atoms with van der Waals surface area (Å²) in [6.45, 7) is 0.421. The molecule has 0 aliphatic carbocycles. The van der Waals surface area contributed by atoms with E-state index in [1.807, 2.05) is 24.3 Å². The number of para-hydroxylation sites is 1. The van der Waals surface area contributed by atoms with E-state index in [-0.39, 0.29) is 24.5 Å². The number of aromatic nitrogens is 1. The van der Waals surface area contributed by atoms with Gasteiger partial charge in [-0.3, -0.25) is 14.4 Å². The van der Waals surface area contributed by atoms with Gasteiger partial charge in [-0.2, -0.15) is 0 Å². The molecule has 1 fully saturated rings. The van der Waals surface area contributed by atoms with Crippen LogP contribution in [0.3, 0.4) is 0 Å². The summed E-state index contributed by atoms with van der Waals surface area (Å²) in [4.78, 5) is 42.9. The summed E-state index contributed by atoms with van der Waals surface area (Å²) < 4.78 is 0. The number of carbonyl (C=O) groups excluding carboxylic acids is 3. The van der Waals surface area contributed by atoms with Crippen LogP contribution in [-0.4, -0.2) is 57.4 Å². The molecule has 0 spiro atoms. The van der Waals surface area contributed by atoms with E-state index in [2.05, 4.69) is 10.3 Å². The Bertz CT molecular complexity index is 1190. The number of benzene rings is 2. The van der Waals surface area contributed by atoms with Gasteiger partial charge in [-0.1, -0.05) is 30.3 Å². The van der Waals surface area contributed by atoms with Crippen LogP contribution in [0.2, 0.25) is 0 Å². The van der Waals surface area contributed by atoms with Crippen LogP contribution in [0.5, 0.6) is 5.75 Å². The van der Waals surface area contributed by atoms with Crippen molar-refractivity contribution < 1.29 is 19.5 Å². The zero-order valence-corrected chi connectivity index (χ0v) is 18.7. The Morgan fingerprint density at radius 2 is 1.85 bits per heavy atom. The maximum atomic E-state index is 13.1. The van der Waals surface area contributed by atoms with Crippen LogP contribution in [0.25, 0.3) is 10.9 Å². The van der Waals surface area contributed by atoms with Gasteiger partial charge in [0.15, 0.2) is 0 Å². The van der Waals surface area contributed by atoms with Crippen molar-refractivity contribution in [3.63, 3.8) is 0 Å². The molecule has 0 unspecified atom stereocenters. The number of amides is 3. The van der Waals surface area contributed by atoms with E-state index in [0.717, 1.165) is 22.0 Å². The van der Waals surface area contributed by atoms with E-state index < -0.39 is 29.9 Å². The first kappa shape index (κ1) is 23.3. The lowest BCUT2D eigenvalue weighted by Crippen LogP contribution is -2.55. The van der Waals surface area contributed by atoms with Gasteiger partial charge in [0.2, 0.25) is 17.7 Å². The summed E-state index contributed by atoms with van der Waals surface area (Å²) in [5, 5.41) is 13.1. The highest BCUT2D eigenvalue weighted by molar-refractivity contribution is 5.93. The highest BCUT2D eigenvalue weighted by atomic mass is 16.3. The molecule has 34 heavy (non-hydrogen) atoms. The second-order valence-electron chi connectivity index (χ2n) is 8.69. The topological polar surface area (TPSA) is 155 Å². The third kappa shape index (κ3) is 5.04. The summed E-state index contributed by atoms with van der Waals surface area (Å²) in [5.41, 5.74) is 14.4. The molecule has 7 N–H and O–H groups in total. The fourth-order valence-corrected chi connectivity index (χ4v) is 4.50. The molecule has 1 aliphatic rings. The number of nitrogens with two attached hydrogens (primary N) is 2. The Balaban J connectivity index is 1.42. The van der Waals surface area contributed by atoms with Gasteiger partial charge in [0, 0.05) is 30.1 Å². The lowest BCUT2D eigenvalue weighted by molar-refractivity contribution is -0.140. The van der Waals surface area contributed by atoms with E-state index >= 15 is 0 Å². The number of phenols is 1. The quantitative estimate of drug-likeness (QED) is 0.336. The van der Waals surface area contributed by atoms with Crippen LogP contribution >= 0.6 is 0 Å². The van der Waals surface area contributed by atoms with Crippen molar-refractivity contribution in [3.05, 3.63) is 65.9 Å². The number of rotatable bonds is 8. The van der Waals surface area contributed by atoms with Crippen molar-refractivity contribution in [1.82, 2.24) is 15.2 Å². The molecule has 3 atom stereocenters. The molecule has 178 valence electrons. The number of hydrogen-bond donors (Lipinski definition) is 5. The number of primary amides is 1. The maximum Gasteiger partial charge on any atom is 0.243 e. The Morgan fingerprint density at radius 1 is 1.12 bits per heavy atom. The van der Waals surface area contributed by atoms with Crippen molar-refractivity contribution in [2.24, 2.45) is 11.5 Å². The van der Waals surface area contributed by atoms with Gasteiger partial charge in [-0.05, 0) is 48.6 Å². The average molecular weight is 464 g/mol. The molecule has 1 saturated heterocycles. The number of hydrogen-bond acceptors (Lipinski definition) is 5. The standard InChI is InChI=1S/C25H29N5O4/c26-19(12-15-7-9-17(31)10-8-15)25(34)30-11-3-6-22(30)24(33)29-21(23(27)32)13-16-14-28-20-5-2-1-4-18(16)20/h1-2,4-5,7-10,14,19,21-22,28,31H,3,6,11-13,26H2,(H2,27,32)(H,29,33)/t19-,21-,22-/m0/s1. The highest BCUT2D eigenvalue weighted by Crippen LogP contribution is 2.22. The first-order valence-electron chi connectivity index (χ1n) is 11.3. The van der Waals surface area contributed by atoms with Gasteiger partial charge in [-0.15, -0.1) is 0 Å². The minimum Gasteiger partial charge on any atom is -0.508 e. The molecular formula is C25H29N5O4. The van der Waals surface area contributed by atoms with Crippen LogP contribution in [0.4, 0.5) is 0 Å². The van der Waals surface area contributed by atoms with Crippen molar-refractivity contribution in [3.8, 4) is 5.75 Å². The SMILES string of the molecule is NC(=O)[C@H](Cc1c[nH]c2ccccc12)NC(=O)[C@@H]1CCCN1C(=O)[C@@H](N)Cc1ccc(O)cc1. The fourth-order valence-electron chi connectivity index (χ4n) is 4.50. The number of nitrogens with zero attached hydrogens (tertiary/aromatic N) is 1. The van der Waals surface area contributed by atoms with Crippen LogP contribution in [-0.2, 0) is 27.2 Å². The maximum absolute atomic E-state index is 13.1. The first-order chi connectivity index (χ1) is 16.3. The van der Waals surface area contributed by atoms with E-state index in [4.69, 9.17) is 11.5 Å². The van der Waals surface area contributed by atoms with Crippen molar-refractivity contribution in [2.75, 3.05) is 6.54 Å². The van der Waals surface area contributed by atoms with Gasteiger partial charge >= 0.3 is 0 Å². The first-order valence-corrected chi connectivity index (χ1v) is 11.3.